The van der Waals surface area contributed by atoms with E-state index in [-0.39, 0.29) is 9.79 Å². The average Bonchev–Trinajstić information content (AvgIpc) is 3.94. The van der Waals surface area contributed by atoms with Crippen LogP contribution in [0.25, 0.3) is 0 Å². The van der Waals surface area contributed by atoms with Gasteiger partial charge in [-0.25, -0.2) is 26.8 Å². The molecule has 0 amide bonds. The van der Waals surface area contributed by atoms with Crippen molar-refractivity contribution in [3.05, 3.63) is 151 Å². The van der Waals surface area contributed by atoms with Crippen LogP contribution >= 0.6 is 45.9 Å². The molecule has 0 bridgehead atoms. The third-order valence-electron chi connectivity index (χ3n) is 10.9. The van der Waals surface area contributed by atoms with Gasteiger partial charge in [0.15, 0.2) is 10.3 Å². The molecule has 10 nitrogen and oxygen atoms in total. The third kappa shape index (κ3) is 11.2. The van der Waals surface area contributed by atoms with Crippen LogP contribution in [0, 0.1) is 13.8 Å². The summed E-state index contributed by atoms with van der Waals surface area (Å²) in [4.78, 5) is 14.5. The fourth-order valence-electron chi connectivity index (χ4n) is 7.43. The third-order valence-corrected chi connectivity index (χ3v) is 17.2. The Hall–Kier alpha value is -3.86. The molecule has 61 heavy (non-hydrogen) atoms. The predicted octanol–water partition coefficient (Wildman–Crippen LogP) is 9.37. The predicted molar refractivity (Wildman–Crippen MR) is 251 cm³/mol. The van der Waals surface area contributed by atoms with Gasteiger partial charge in [0, 0.05) is 86.0 Å². The Bertz CT molecular complexity index is 2580. The Labute approximate surface area is 378 Å². The molecule has 8 rings (SSSR count). The topological polar surface area (TPSA) is 107 Å². The van der Waals surface area contributed by atoms with Crippen LogP contribution in [-0.2, 0) is 39.3 Å². The van der Waals surface area contributed by atoms with Gasteiger partial charge in [-0.05, 0) is 96.6 Å². The second kappa shape index (κ2) is 20.1. The zero-order chi connectivity index (χ0) is 43.1. The summed E-state index contributed by atoms with van der Waals surface area (Å²) in [6.45, 7) is 10.7. The van der Waals surface area contributed by atoms with Gasteiger partial charge in [-0.15, -0.1) is 22.7 Å². The molecule has 2 fully saturated rings. The van der Waals surface area contributed by atoms with Crippen molar-refractivity contribution in [3.8, 4) is 0 Å². The number of hydrogen-bond donors (Lipinski definition) is 0. The number of piperazine rings is 2. The van der Waals surface area contributed by atoms with Crippen LogP contribution in [0.4, 0.5) is 10.3 Å². The molecule has 0 N–H and O–H groups in total. The molecule has 0 spiro atoms. The summed E-state index contributed by atoms with van der Waals surface area (Å²) >= 11 is 15.0. The number of thiazole rings is 2. The van der Waals surface area contributed by atoms with Crippen LogP contribution in [-0.4, -0.2) is 87.8 Å². The summed E-state index contributed by atoms with van der Waals surface area (Å²) in [5.74, 6) is 0. The Morgan fingerprint density at radius 3 is 1.39 bits per heavy atom. The fraction of sp³-hybridized carbons (Fsp3) is 0.333. The monoisotopic (exact) mass is 936 g/mol. The van der Waals surface area contributed by atoms with Crippen LogP contribution in [0.2, 0.25) is 10.0 Å². The Morgan fingerprint density at radius 2 is 0.967 bits per heavy atom. The van der Waals surface area contributed by atoms with Crippen molar-refractivity contribution in [1.82, 2.24) is 18.6 Å². The standard InChI is InChI=1S/C23H26ClN3O2S2.C22H24ClN3O2S2/c1-2-3-18-4-6-19(7-5-18)16-21-17-30-23(25-21)26-12-14-27(15-13-26)31(28,29)22-10-8-20(24)9-11-22;1-16-4-3-5-17(2)21(16)14-19-15-29-22(24-19)25-10-12-26(13-11-25)30(27,28)20-8-6-18(23)7-9-20/h4-11,17H,2-3,12-16H2,1H3;3-9,15H,10-14H2,1-2H3. The molecule has 6 aromatic rings. The molecule has 0 unspecified atom stereocenters. The van der Waals surface area contributed by atoms with Crippen molar-refractivity contribution in [2.45, 2.75) is 56.2 Å². The van der Waals surface area contributed by atoms with Gasteiger partial charge in [0.25, 0.3) is 0 Å². The van der Waals surface area contributed by atoms with E-state index in [1.165, 1.54) is 32.1 Å². The molecular formula is C45H50Cl2N6O4S4. The number of rotatable bonds is 12. The second-order valence-electron chi connectivity index (χ2n) is 15.2. The van der Waals surface area contributed by atoms with E-state index < -0.39 is 20.0 Å². The SMILES string of the molecule is CCCc1ccc(Cc2csc(N3CCN(S(=O)(=O)c4ccc(Cl)cc4)CC3)n2)cc1.Cc1cccc(C)c1Cc1csc(N2CCN(S(=O)(=O)c3ccc(Cl)cc3)CC2)n1. The van der Waals surface area contributed by atoms with E-state index in [4.69, 9.17) is 33.2 Å². The first-order valence-electron chi connectivity index (χ1n) is 20.3. The molecule has 2 saturated heterocycles. The van der Waals surface area contributed by atoms with Gasteiger partial charge >= 0.3 is 0 Å². The highest BCUT2D eigenvalue weighted by molar-refractivity contribution is 7.89. The lowest BCUT2D eigenvalue weighted by molar-refractivity contribution is 0.384. The number of benzene rings is 4. The van der Waals surface area contributed by atoms with Crippen molar-refractivity contribution < 1.29 is 16.8 Å². The van der Waals surface area contributed by atoms with Gasteiger partial charge < -0.3 is 9.80 Å². The molecule has 4 heterocycles. The van der Waals surface area contributed by atoms with Crippen molar-refractivity contribution in [3.63, 3.8) is 0 Å². The minimum absolute atomic E-state index is 0.283. The molecule has 4 aromatic carbocycles. The van der Waals surface area contributed by atoms with Gasteiger partial charge in [-0.3, -0.25) is 0 Å². The molecule has 2 aliphatic heterocycles. The van der Waals surface area contributed by atoms with E-state index in [0.29, 0.717) is 62.4 Å². The lowest BCUT2D eigenvalue weighted by atomic mass is 9.99. The number of anilines is 2. The number of sulfonamides is 2. The highest BCUT2D eigenvalue weighted by Gasteiger charge is 2.31. The number of nitrogens with zero attached hydrogens (tertiary/aromatic N) is 6. The highest BCUT2D eigenvalue weighted by Crippen LogP contribution is 2.28. The van der Waals surface area contributed by atoms with Crippen LogP contribution < -0.4 is 9.80 Å². The Morgan fingerprint density at radius 1 is 0.557 bits per heavy atom. The lowest BCUT2D eigenvalue weighted by Gasteiger charge is -2.33. The summed E-state index contributed by atoms with van der Waals surface area (Å²) in [5, 5.41) is 7.19. The highest BCUT2D eigenvalue weighted by atomic mass is 35.5. The summed E-state index contributed by atoms with van der Waals surface area (Å²) < 4.78 is 54.5. The molecular weight excluding hydrogens is 888 g/mol. The maximum absolute atomic E-state index is 12.9. The smallest absolute Gasteiger partial charge is 0.243 e. The first kappa shape index (κ1) is 45.2. The summed E-state index contributed by atoms with van der Waals surface area (Å²) in [6.07, 6.45) is 3.90. The van der Waals surface area contributed by atoms with E-state index in [9.17, 15) is 16.8 Å². The van der Waals surface area contributed by atoms with Crippen LogP contribution in [0.5, 0.6) is 0 Å². The normalized spacial score (nSPS) is 15.4. The minimum atomic E-state index is -3.50. The number of aromatic nitrogens is 2. The molecule has 322 valence electrons. The number of hydrogen-bond acceptors (Lipinski definition) is 10. The van der Waals surface area contributed by atoms with Crippen molar-refractivity contribution in [2.75, 3.05) is 62.2 Å². The molecule has 2 aromatic heterocycles. The van der Waals surface area contributed by atoms with E-state index in [0.717, 1.165) is 47.3 Å². The Kier molecular flexibility index (Phi) is 14.9. The molecule has 0 atom stereocenters. The lowest BCUT2D eigenvalue weighted by Crippen LogP contribution is -2.48. The average molecular weight is 938 g/mol. The molecule has 0 saturated carbocycles. The summed E-state index contributed by atoms with van der Waals surface area (Å²) in [7, 11) is -7.00. The van der Waals surface area contributed by atoms with Crippen LogP contribution in [0.15, 0.2) is 112 Å². The summed E-state index contributed by atoms with van der Waals surface area (Å²) in [6, 6.07) is 27.8. The molecule has 0 radical (unpaired) electrons. The first-order chi connectivity index (χ1) is 29.3. The number of halogens is 2. The minimum Gasteiger partial charge on any atom is -0.345 e. The Balaban J connectivity index is 0.000000184. The van der Waals surface area contributed by atoms with E-state index in [2.05, 4.69) is 83.8 Å². The van der Waals surface area contributed by atoms with Crippen molar-refractivity contribution >= 4 is 76.2 Å². The van der Waals surface area contributed by atoms with E-state index in [1.54, 1.807) is 75.5 Å². The number of aryl methyl sites for hydroxylation is 3. The van der Waals surface area contributed by atoms with Gasteiger partial charge in [0.2, 0.25) is 20.0 Å². The second-order valence-corrected chi connectivity index (χ2v) is 21.6. The quantitative estimate of drug-likeness (QED) is 0.120. The van der Waals surface area contributed by atoms with Gasteiger partial charge in [0.1, 0.15) is 0 Å². The van der Waals surface area contributed by atoms with E-state index >= 15 is 0 Å². The molecule has 2 aliphatic rings. The van der Waals surface area contributed by atoms with Crippen LogP contribution in [0.1, 0.15) is 52.5 Å². The first-order valence-corrected chi connectivity index (χ1v) is 25.7. The van der Waals surface area contributed by atoms with Crippen molar-refractivity contribution in [2.24, 2.45) is 0 Å². The maximum Gasteiger partial charge on any atom is 0.243 e. The largest absolute Gasteiger partial charge is 0.345 e. The van der Waals surface area contributed by atoms with Gasteiger partial charge in [0.05, 0.1) is 21.2 Å². The molecule has 16 heteroatoms. The summed E-state index contributed by atoms with van der Waals surface area (Å²) in [5.41, 5.74) is 8.64. The van der Waals surface area contributed by atoms with Gasteiger partial charge in [-0.1, -0.05) is 79.0 Å². The van der Waals surface area contributed by atoms with E-state index in [1.807, 2.05) is 0 Å². The zero-order valence-electron chi connectivity index (χ0n) is 34.5. The van der Waals surface area contributed by atoms with Crippen molar-refractivity contribution in [1.29, 1.82) is 0 Å². The van der Waals surface area contributed by atoms with Gasteiger partial charge in [-0.2, -0.15) is 8.61 Å². The molecule has 0 aliphatic carbocycles. The zero-order valence-corrected chi connectivity index (χ0v) is 39.3. The fourth-order valence-corrected chi connectivity index (χ4v) is 12.3. The maximum atomic E-state index is 12.9. The van der Waals surface area contributed by atoms with Crippen LogP contribution in [0.3, 0.4) is 0 Å².